The van der Waals surface area contributed by atoms with Gasteiger partial charge in [0, 0.05) is 5.88 Å². The molecule has 0 N–H and O–H groups in total. The van der Waals surface area contributed by atoms with Crippen molar-refractivity contribution in [3.63, 3.8) is 0 Å². The van der Waals surface area contributed by atoms with E-state index in [1.807, 2.05) is 0 Å². The van der Waals surface area contributed by atoms with Crippen molar-refractivity contribution < 1.29 is 0 Å². The first-order chi connectivity index (χ1) is 7.83. The van der Waals surface area contributed by atoms with Gasteiger partial charge in [-0.2, -0.15) is 0 Å². The zero-order valence-electron chi connectivity index (χ0n) is 12.1. The minimum atomic E-state index is 0.454. The molecule has 98 valence electrons. The van der Waals surface area contributed by atoms with Crippen LogP contribution in [0.3, 0.4) is 0 Å². The molecule has 2 aliphatic rings. The van der Waals surface area contributed by atoms with Crippen LogP contribution in [0.15, 0.2) is 11.1 Å². The van der Waals surface area contributed by atoms with Crippen LogP contribution >= 0.6 is 11.6 Å². The number of allylic oxidation sites excluding steroid dienone is 2. The Morgan fingerprint density at radius 2 is 1.88 bits per heavy atom. The van der Waals surface area contributed by atoms with Gasteiger partial charge in [0.15, 0.2) is 0 Å². The van der Waals surface area contributed by atoms with E-state index in [4.69, 9.17) is 11.6 Å². The van der Waals surface area contributed by atoms with E-state index < -0.39 is 0 Å². The highest BCUT2D eigenvalue weighted by atomic mass is 35.5. The van der Waals surface area contributed by atoms with Crippen LogP contribution in [0.5, 0.6) is 0 Å². The third-order valence-electron chi connectivity index (χ3n) is 5.71. The molecule has 0 aromatic carbocycles. The van der Waals surface area contributed by atoms with E-state index >= 15 is 0 Å². The molecule has 3 atom stereocenters. The van der Waals surface area contributed by atoms with Gasteiger partial charge in [-0.25, -0.2) is 0 Å². The van der Waals surface area contributed by atoms with Gasteiger partial charge in [0.1, 0.15) is 0 Å². The van der Waals surface area contributed by atoms with Gasteiger partial charge in [-0.15, -0.1) is 11.6 Å². The van der Waals surface area contributed by atoms with E-state index in [-0.39, 0.29) is 0 Å². The zero-order valence-corrected chi connectivity index (χ0v) is 12.8. The maximum Gasteiger partial charge on any atom is 0.0294 e. The summed E-state index contributed by atoms with van der Waals surface area (Å²) in [6.07, 6.45) is 5.43. The summed E-state index contributed by atoms with van der Waals surface area (Å²) in [7, 11) is 0. The molecule has 2 rings (SSSR count). The van der Waals surface area contributed by atoms with Crippen LogP contribution in [0.25, 0.3) is 0 Å². The average Bonchev–Trinajstić information content (AvgIpc) is 2.51. The molecular formula is C16H27Cl. The summed E-state index contributed by atoms with van der Waals surface area (Å²) in [6, 6.07) is 0. The largest absolute Gasteiger partial charge is 0.126 e. The molecule has 17 heavy (non-hydrogen) atoms. The van der Waals surface area contributed by atoms with Gasteiger partial charge in [0.25, 0.3) is 0 Å². The van der Waals surface area contributed by atoms with Gasteiger partial charge >= 0.3 is 0 Å². The number of hydrogen-bond acceptors (Lipinski definition) is 0. The summed E-state index contributed by atoms with van der Waals surface area (Å²) in [5.41, 5.74) is 4.13. The van der Waals surface area contributed by atoms with Gasteiger partial charge in [0.2, 0.25) is 0 Å². The van der Waals surface area contributed by atoms with Crippen LogP contribution in [0.4, 0.5) is 0 Å². The third-order valence-corrected chi connectivity index (χ3v) is 6.02. The summed E-state index contributed by atoms with van der Waals surface area (Å²) in [5.74, 6) is 2.26. The lowest BCUT2D eigenvalue weighted by molar-refractivity contribution is 0.00755. The van der Waals surface area contributed by atoms with E-state index in [9.17, 15) is 0 Å². The predicted octanol–water partition coefficient (Wildman–Crippen LogP) is 5.41. The first-order valence-corrected chi connectivity index (χ1v) is 7.58. The Kier molecular flexibility index (Phi) is 3.40. The summed E-state index contributed by atoms with van der Waals surface area (Å²) < 4.78 is 0. The molecular weight excluding hydrogens is 228 g/mol. The van der Waals surface area contributed by atoms with Gasteiger partial charge in [-0.3, -0.25) is 0 Å². The minimum Gasteiger partial charge on any atom is -0.126 e. The molecule has 0 spiro atoms. The molecule has 0 heterocycles. The van der Waals surface area contributed by atoms with Crippen molar-refractivity contribution >= 4 is 11.6 Å². The first-order valence-electron chi connectivity index (χ1n) is 7.05. The van der Waals surface area contributed by atoms with E-state index in [1.165, 1.54) is 31.3 Å². The van der Waals surface area contributed by atoms with Crippen LogP contribution in [-0.4, -0.2) is 5.88 Å². The minimum absolute atomic E-state index is 0.454. The molecule has 0 unspecified atom stereocenters. The van der Waals surface area contributed by atoms with Gasteiger partial charge < -0.3 is 0 Å². The van der Waals surface area contributed by atoms with E-state index in [1.54, 1.807) is 5.57 Å². The molecule has 0 nitrogen and oxygen atoms in total. The molecule has 0 aromatic heterocycles. The molecule has 2 saturated carbocycles. The monoisotopic (exact) mass is 254 g/mol. The highest BCUT2D eigenvalue weighted by Crippen LogP contribution is 2.63. The molecule has 0 aromatic rings. The summed E-state index contributed by atoms with van der Waals surface area (Å²) in [6.45, 7) is 12.0. The van der Waals surface area contributed by atoms with Crippen LogP contribution in [-0.2, 0) is 0 Å². The van der Waals surface area contributed by atoms with Gasteiger partial charge in [0.05, 0.1) is 0 Å². The Morgan fingerprint density at radius 3 is 2.41 bits per heavy atom. The Labute approximate surface area is 112 Å². The van der Waals surface area contributed by atoms with Gasteiger partial charge in [-0.05, 0) is 55.8 Å². The van der Waals surface area contributed by atoms with Crippen LogP contribution in [0, 0.1) is 22.7 Å². The highest BCUT2D eigenvalue weighted by Gasteiger charge is 2.55. The first kappa shape index (κ1) is 13.5. The quantitative estimate of drug-likeness (QED) is 0.433. The summed E-state index contributed by atoms with van der Waals surface area (Å²) in [5, 5.41) is 0. The lowest BCUT2D eigenvalue weighted by Crippen LogP contribution is -2.42. The zero-order chi connectivity index (χ0) is 12.8. The van der Waals surface area contributed by atoms with Crippen LogP contribution in [0.1, 0.15) is 60.3 Å². The Hall–Kier alpha value is 0.0300. The van der Waals surface area contributed by atoms with Crippen molar-refractivity contribution in [2.75, 3.05) is 5.88 Å². The maximum atomic E-state index is 6.32. The number of halogens is 1. The molecule has 0 bridgehead atoms. The van der Waals surface area contributed by atoms with E-state index in [2.05, 4.69) is 34.6 Å². The lowest BCUT2D eigenvalue weighted by Gasteiger charge is -2.49. The fourth-order valence-electron chi connectivity index (χ4n) is 4.67. The van der Waals surface area contributed by atoms with Gasteiger partial charge in [-0.1, -0.05) is 38.3 Å². The van der Waals surface area contributed by atoms with Crippen molar-refractivity contribution in [2.45, 2.75) is 60.3 Å². The second kappa shape index (κ2) is 4.30. The smallest absolute Gasteiger partial charge is 0.0294 e. The van der Waals surface area contributed by atoms with Crippen molar-refractivity contribution in [1.29, 1.82) is 0 Å². The van der Waals surface area contributed by atoms with E-state index in [0.717, 1.165) is 11.8 Å². The Morgan fingerprint density at radius 1 is 1.24 bits per heavy atom. The highest BCUT2D eigenvalue weighted by molar-refractivity contribution is 6.18. The third kappa shape index (κ3) is 1.97. The Balaban J connectivity index is 2.44. The van der Waals surface area contributed by atoms with Crippen molar-refractivity contribution in [2.24, 2.45) is 22.7 Å². The second-order valence-electron chi connectivity index (χ2n) is 7.34. The predicted molar refractivity (Wildman–Crippen MR) is 76.4 cm³/mol. The van der Waals surface area contributed by atoms with Crippen LogP contribution in [0.2, 0.25) is 0 Å². The summed E-state index contributed by atoms with van der Waals surface area (Å²) >= 11 is 6.32. The lowest BCUT2D eigenvalue weighted by atomic mass is 9.56. The Bertz CT molecular complexity index is 335. The topological polar surface area (TPSA) is 0 Å². The number of alkyl halides is 1. The van der Waals surface area contributed by atoms with Crippen LogP contribution < -0.4 is 0 Å². The molecule has 1 heteroatoms. The van der Waals surface area contributed by atoms with Crippen molar-refractivity contribution in [3.8, 4) is 0 Å². The van der Waals surface area contributed by atoms with Crippen molar-refractivity contribution in [3.05, 3.63) is 11.1 Å². The standard InChI is InChI=1S/C16H27Cl/c1-11(2)12-9-14-15(3,4)7-6-8-16(14,5)13(12)10-17/h13-14H,6-10H2,1-5H3/t13-,14+,16+/m0/s1. The average molecular weight is 255 g/mol. The number of fused-ring (bicyclic) bond motifs is 1. The molecule has 0 saturated heterocycles. The molecule has 2 aliphatic carbocycles. The molecule has 0 amide bonds. The fraction of sp³-hybridized carbons (Fsp3) is 0.875. The number of rotatable bonds is 1. The fourth-order valence-corrected chi connectivity index (χ4v) is 5.21. The van der Waals surface area contributed by atoms with Crippen molar-refractivity contribution in [1.82, 2.24) is 0 Å². The maximum absolute atomic E-state index is 6.32. The normalized spacial score (nSPS) is 40.2. The number of hydrogen-bond donors (Lipinski definition) is 0. The molecule has 0 aliphatic heterocycles. The molecule has 2 fully saturated rings. The second-order valence-corrected chi connectivity index (χ2v) is 7.65. The summed E-state index contributed by atoms with van der Waals surface area (Å²) in [4.78, 5) is 0. The van der Waals surface area contributed by atoms with E-state index in [0.29, 0.717) is 16.7 Å². The molecule has 0 radical (unpaired) electrons. The SMILES string of the molecule is CC(C)=C1C[C@@H]2C(C)(C)CCC[C@]2(C)[C@H]1CCl.